The molecule has 5 rings (SSSR count). The quantitative estimate of drug-likeness (QED) is 0.711. The van der Waals surface area contributed by atoms with Crippen LogP contribution in [-0.4, -0.2) is 36.6 Å². The number of hydrogen-bond acceptors (Lipinski definition) is 4. The molecule has 0 aliphatic carbocycles. The number of aromatic nitrogens is 1. The van der Waals surface area contributed by atoms with Crippen molar-refractivity contribution in [2.45, 2.75) is 12.5 Å². The molecule has 2 aliphatic rings. The average Bonchev–Trinajstić information content (AvgIpc) is 3.09. The van der Waals surface area contributed by atoms with Gasteiger partial charge in [0.25, 0.3) is 0 Å². The third kappa shape index (κ3) is 2.35. The summed E-state index contributed by atoms with van der Waals surface area (Å²) in [6.07, 6.45) is 5.31. The standard InChI is InChI=1S/C22H20N2O3/c1-26-14-6-7-15-16-8-9-24-12-13-4-3-5-17(22(25)27-2)18(13)11-20(24)21(16)23-19(15)10-14/h3-7,10-12,20,23H,8-9H2,1-2H3. The number of rotatable bonds is 2. The molecule has 27 heavy (non-hydrogen) atoms. The van der Waals surface area contributed by atoms with Crippen molar-refractivity contribution >= 4 is 29.1 Å². The number of esters is 1. The molecule has 1 atom stereocenters. The molecule has 3 aromatic rings. The van der Waals surface area contributed by atoms with Crippen molar-refractivity contribution in [2.24, 2.45) is 0 Å². The molecule has 0 radical (unpaired) electrons. The predicted octanol–water partition coefficient (Wildman–Crippen LogP) is 2.09. The summed E-state index contributed by atoms with van der Waals surface area (Å²) in [5.41, 5.74) is 4.22. The first-order chi connectivity index (χ1) is 13.2. The SMILES string of the molecule is COC(=O)c1cccc2c1=CC1c3[nH]c4cc(OC)ccc4c3CCN1C=2. The summed E-state index contributed by atoms with van der Waals surface area (Å²) in [4.78, 5) is 18.1. The van der Waals surface area contributed by atoms with Crippen LogP contribution in [0.1, 0.15) is 27.7 Å². The minimum atomic E-state index is -0.303. The van der Waals surface area contributed by atoms with E-state index in [9.17, 15) is 4.79 Å². The first kappa shape index (κ1) is 16.0. The van der Waals surface area contributed by atoms with Crippen LogP contribution in [0.25, 0.3) is 23.2 Å². The van der Waals surface area contributed by atoms with Gasteiger partial charge in [0.2, 0.25) is 0 Å². The van der Waals surface area contributed by atoms with Gasteiger partial charge in [-0.1, -0.05) is 12.1 Å². The molecule has 0 amide bonds. The Balaban J connectivity index is 1.72. The molecule has 1 unspecified atom stereocenters. The molecule has 0 bridgehead atoms. The first-order valence-corrected chi connectivity index (χ1v) is 9.05. The highest BCUT2D eigenvalue weighted by atomic mass is 16.5. The number of aromatic amines is 1. The third-order valence-corrected chi connectivity index (χ3v) is 5.59. The van der Waals surface area contributed by atoms with Crippen molar-refractivity contribution in [1.82, 2.24) is 9.88 Å². The van der Waals surface area contributed by atoms with Crippen LogP contribution in [0.2, 0.25) is 0 Å². The first-order valence-electron chi connectivity index (χ1n) is 9.05. The second kappa shape index (κ2) is 5.91. The van der Waals surface area contributed by atoms with E-state index < -0.39 is 0 Å². The van der Waals surface area contributed by atoms with Gasteiger partial charge in [0.05, 0.1) is 25.8 Å². The van der Waals surface area contributed by atoms with Gasteiger partial charge < -0.3 is 19.4 Å². The van der Waals surface area contributed by atoms with Gasteiger partial charge >= 0.3 is 5.97 Å². The molecule has 0 fully saturated rings. The van der Waals surface area contributed by atoms with Gasteiger partial charge in [0.15, 0.2) is 0 Å². The largest absolute Gasteiger partial charge is 0.497 e. The molecule has 5 heteroatoms. The van der Waals surface area contributed by atoms with E-state index in [0.29, 0.717) is 5.56 Å². The number of benzene rings is 2. The highest BCUT2D eigenvalue weighted by molar-refractivity contribution is 5.90. The van der Waals surface area contributed by atoms with E-state index in [4.69, 9.17) is 9.47 Å². The number of fused-ring (bicyclic) bond motifs is 6. The molecule has 0 spiro atoms. The summed E-state index contributed by atoms with van der Waals surface area (Å²) in [6, 6.07) is 12.0. The molecular formula is C22H20N2O3. The molecule has 2 aliphatic heterocycles. The Morgan fingerprint density at radius 1 is 1.22 bits per heavy atom. The van der Waals surface area contributed by atoms with Crippen LogP contribution in [0, 0.1) is 0 Å². The number of carbonyl (C=O) groups is 1. The number of nitrogens with one attached hydrogen (secondary N) is 1. The Morgan fingerprint density at radius 2 is 2.11 bits per heavy atom. The van der Waals surface area contributed by atoms with Gasteiger partial charge in [-0.25, -0.2) is 4.79 Å². The molecule has 1 aromatic heterocycles. The zero-order valence-corrected chi connectivity index (χ0v) is 15.3. The maximum atomic E-state index is 12.2. The zero-order chi connectivity index (χ0) is 18.5. The Bertz CT molecular complexity index is 1190. The van der Waals surface area contributed by atoms with Crippen molar-refractivity contribution < 1.29 is 14.3 Å². The lowest BCUT2D eigenvalue weighted by molar-refractivity contribution is 0.0599. The Morgan fingerprint density at radius 3 is 2.93 bits per heavy atom. The van der Waals surface area contributed by atoms with E-state index in [1.807, 2.05) is 30.3 Å². The molecule has 5 nitrogen and oxygen atoms in total. The summed E-state index contributed by atoms with van der Waals surface area (Å²) >= 11 is 0. The number of methoxy groups -OCH3 is 2. The summed E-state index contributed by atoms with van der Waals surface area (Å²) < 4.78 is 10.3. The van der Waals surface area contributed by atoms with Crippen LogP contribution in [0.4, 0.5) is 0 Å². The Kier molecular flexibility index (Phi) is 3.50. The minimum absolute atomic E-state index is 0.0745. The maximum Gasteiger partial charge on any atom is 0.338 e. The number of nitrogens with zero attached hydrogens (tertiary/aromatic N) is 1. The van der Waals surface area contributed by atoms with Gasteiger partial charge in [-0.15, -0.1) is 0 Å². The molecule has 0 saturated heterocycles. The fourth-order valence-electron chi connectivity index (χ4n) is 4.28. The van der Waals surface area contributed by atoms with Crippen LogP contribution in [0.3, 0.4) is 0 Å². The fourth-order valence-corrected chi connectivity index (χ4v) is 4.28. The van der Waals surface area contributed by atoms with Crippen LogP contribution in [-0.2, 0) is 11.2 Å². The molecule has 2 aromatic carbocycles. The smallest absolute Gasteiger partial charge is 0.338 e. The second-order valence-corrected chi connectivity index (χ2v) is 6.96. The van der Waals surface area contributed by atoms with Crippen LogP contribution >= 0.6 is 0 Å². The van der Waals surface area contributed by atoms with Crippen LogP contribution in [0.15, 0.2) is 36.4 Å². The van der Waals surface area contributed by atoms with Crippen molar-refractivity contribution in [3.05, 3.63) is 63.7 Å². The van der Waals surface area contributed by atoms with E-state index >= 15 is 0 Å². The highest BCUT2D eigenvalue weighted by Gasteiger charge is 2.29. The molecule has 0 saturated carbocycles. The molecule has 136 valence electrons. The molecule has 1 N–H and O–H groups in total. The van der Waals surface area contributed by atoms with Gasteiger partial charge in [0, 0.05) is 35.4 Å². The Labute approximate surface area is 156 Å². The van der Waals surface area contributed by atoms with E-state index in [1.165, 1.54) is 23.8 Å². The van der Waals surface area contributed by atoms with Crippen LogP contribution in [0.5, 0.6) is 5.75 Å². The average molecular weight is 360 g/mol. The van der Waals surface area contributed by atoms with Crippen molar-refractivity contribution in [3.8, 4) is 5.75 Å². The van der Waals surface area contributed by atoms with Gasteiger partial charge in [-0.3, -0.25) is 0 Å². The lowest BCUT2D eigenvalue weighted by Crippen LogP contribution is -2.42. The minimum Gasteiger partial charge on any atom is -0.497 e. The topological polar surface area (TPSA) is 54.6 Å². The number of H-pyrrole nitrogens is 1. The summed E-state index contributed by atoms with van der Waals surface area (Å²) in [5, 5.41) is 3.23. The van der Waals surface area contributed by atoms with Crippen molar-refractivity contribution in [1.29, 1.82) is 0 Å². The summed E-state index contributed by atoms with van der Waals surface area (Å²) in [6.45, 7) is 0.940. The van der Waals surface area contributed by atoms with Gasteiger partial charge in [0.1, 0.15) is 5.75 Å². The normalized spacial score (nSPS) is 17.3. The van der Waals surface area contributed by atoms with E-state index in [-0.39, 0.29) is 12.0 Å². The lowest BCUT2D eigenvalue weighted by Gasteiger charge is -2.35. The van der Waals surface area contributed by atoms with Crippen molar-refractivity contribution in [2.75, 3.05) is 20.8 Å². The van der Waals surface area contributed by atoms with Crippen LogP contribution < -0.4 is 15.2 Å². The Hall–Kier alpha value is -3.21. The number of hydrogen-bond donors (Lipinski definition) is 1. The second-order valence-electron chi connectivity index (χ2n) is 6.96. The van der Waals surface area contributed by atoms with E-state index in [0.717, 1.165) is 34.7 Å². The number of carbonyl (C=O) groups excluding carboxylic acids is 1. The van der Waals surface area contributed by atoms with Gasteiger partial charge in [-0.2, -0.15) is 0 Å². The van der Waals surface area contributed by atoms with E-state index in [1.54, 1.807) is 7.11 Å². The lowest BCUT2D eigenvalue weighted by atomic mass is 9.94. The fraction of sp³-hybridized carbons (Fsp3) is 0.227. The summed E-state index contributed by atoms with van der Waals surface area (Å²) in [7, 11) is 3.10. The zero-order valence-electron chi connectivity index (χ0n) is 15.3. The summed E-state index contributed by atoms with van der Waals surface area (Å²) in [5.74, 6) is 0.540. The molecular weight excluding hydrogens is 340 g/mol. The monoisotopic (exact) mass is 360 g/mol. The maximum absolute atomic E-state index is 12.2. The third-order valence-electron chi connectivity index (χ3n) is 5.59. The van der Waals surface area contributed by atoms with Crippen molar-refractivity contribution in [3.63, 3.8) is 0 Å². The molecule has 3 heterocycles. The van der Waals surface area contributed by atoms with Gasteiger partial charge in [-0.05, 0) is 46.7 Å². The van der Waals surface area contributed by atoms with E-state index in [2.05, 4.69) is 28.2 Å². The number of ether oxygens (including phenoxy) is 2. The predicted molar refractivity (Wildman–Crippen MR) is 104 cm³/mol. The highest BCUT2D eigenvalue weighted by Crippen LogP contribution is 2.37.